The monoisotopic (exact) mass is 272 g/mol. The topological polar surface area (TPSA) is 64.3 Å². The van der Waals surface area contributed by atoms with Crippen molar-refractivity contribution in [2.75, 3.05) is 6.61 Å². The molecule has 0 aliphatic rings. The molecule has 0 aliphatic carbocycles. The van der Waals surface area contributed by atoms with E-state index in [0.29, 0.717) is 0 Å². The SMILES string of the molecule is C=C/C=C(\C=C/N)COC(=O)N[C@@H](C)c1ccccc1. The minimum Gasteiger partial charge on any atom is -0.445 e. The summed E-state index contributed by atoms with van der Waals surface area (Å²) >= 11 is 0. The molecule has 0 bridgehead atoms. The Morgan fingerprint density at radius 1 is 1.45 bits per heavy atom. The lowest BCUT2D eigenvalue weighted by atomic mass is 10.1. The molecule has 0 aromatic heterocycles. The average molecular weight is 272 g/mol. The number of hydrogen-bond acceptors (Lipinski definition) is 3. The predicted octanol–water partition coefficient (Wildman–Crippen LogP) is 3.06. The second-order valence-electron chi connectivity index (χ2n) is 4.19. The van der Waals surface area contributed by atoms with Crippen LogP contribution in [0.15, 0.2) is 66.9 Å². The number of nitrogens with one attached hydrogen (secondary N) is 1. The summed E-state index contributed by atoms with van der Waals surface area (Å²) in [4.78, 5) is 11.7. The molecule has 0 heterocycles. The van der Waals surface area contributed by atoms with E-state index >= 15 is 0 Å². The Hall–Kier alpha value is -2.49. The smallest absolute Gasteiger partial charge is 0.407 e. The molecule has 3 N–H and O–H groups in total. The summed E-state index contributed by atoms with van der Waals surface area (Å²) in [5, 5.41) is 2.77. The fourth-order valence-electron chi connectivity index (χ4n) is 1.62. The molecule has 1 aromatic rings. The minimum absolute atomic E-state index is 0.111. The van der Waals surface area contributed by atoms with Crippen molar-refractivity contribution >= 4 is 6.09 Å². The molecule has 0 fully saturated rings. The number of benzene rings is 1. The number of allylic oxidation sites excluding steroid dienone is 2. The van der Waals surface area contributed by atoms with Gasteiger partial charge in [-0.05, 0) is 30.3 Å². The molecule has 0 saturated heterocycles. The van der Waals surface area contributed by atoms with Crippen molar-refractivity contribution in [1.29, 1.82) is 0 Å². The second kappa shape index (κ2) is 8.58. The average Bonchev–Trinajstić information content (AvgIpc) is 2.46. The number of rotatable bonds is 6. The van der Waals surface area contributed by atoms with Crippen LogP contribution in [0.2, 0.25) is 0 Å². The molecule has 1 rings (SSSR count). The highest BCUT2D eigenvalue weighted by Crippen LogP contribution is 2.11. The van der Waals surface area contributed by atoms with Crippen molar-refractivity contribution in [3.63, 3.8) is 0 Å². The van der Waals surface area contributed by atoms with E-state index in [4.69, 9.17) is 10.5 Å². The number of carbonyl (C=O) groups is 1. The minimum atomic E-state index is -0.471. The number of nitrogens with two attached hydrogens (primary N) is 1. The Kier molecular flexibility index (Phi) is 6.68. The third-order valence-electron chi connectivity index (χ3n) is 2.65. The molecule has 1 aromatic carbocycles. The van der Waals surface area contributed by atoms with Crippen LogP contribution in [0, 0.1) is 0 Å². The van der Waals surface area contributed by atoms with Crippen molar-refractivity contribution in [3.8, 4) is 0 Å². The molecule has 0 saturated carbocycles. The van der Waals surface area contributed by atoms with Gasteiger partial charge in [0.25, 0.3) is 0 Å². The van der Waals surface area contributed by atoms with Gasteiger partial charge in [0.15, 0.2) is 0 Å². The van der Waals surface area contributed by atoms with Crippen LogP contribution >= 0.6 is 0 Å². The molecule has 0 spiro atoms. The highest BCUT2D eigenvalue weighted by molar-refractivity contribution is 5.68. The summed E-state index contributed by atoms with van der Waals surface area (Å²) in [6.45, 7) is 5.64. The van der Waals surface area contributed by atoms with Gasteiger partial charge in [0.2, 0.25) is 0 Å². The Labute approximate surface area is 119 Å². The third kappa shape index (κ3) is 5.44. The van der Waals surface area contributed by atoms with E-state index in [0.717, 1.165) is 11.1 Å². The molecule has 1 atom stereocenters. The molecule has 4 heteroatoms. The van der Waals surface area contributed by atoms with Gasteiger partial charge in [-0.15, -0.1) is 0 Å². The Morgan fingerprint density at radius 2 is 2.15 bits per heavy atom. The van der Waals surface area contributed by atoms with E-state index in [1.165, 1.54) is 6.20 Å². The van der Waals surface area contributed by atoms with Gasteiger partial charge in [-0.1, -0.05) is 49.1 Å². The maximum atomic E-state index is 11.7. The van der Waals surface area contributed by atoms with Gasteiger partial charge in [-0.3, -0.25) is 0 Å². The van der Waals surface area contributed by atoms with E-state index in [9.17, 15) is 4.79 Å². The summed E-state index contributed by atoms with van der Waals surface area (Å²) in [7, 11) is 0. The van der Waals surface area contributed by atoms with Gasteiger partial charge < -0.3 is 15.8 Å². The quantitative estimate of drug-likeness (QED) is 0.782. The first-order valence-corrected chi connectivity index (χ1v) is 6.35. The standard InChI is InChI=1S/C16H20N2O2/c1-3-7-14(10-11-17)12-20-16(19)18-13(2)15-8-5-4-6-9-15/h3-11,13H,1,12,17H2,2H3,(H,18,19)/b11-10-,14-7+/t13-/m0/s1. The van der Waals surface area contributed by atoms with Crippen molar-refractivity contribution in [3.05, 3.63) is 72.5 Å². The number of amides is 1. The van der Waals surface area contributed by atoms with Crippen molar-refractivity contribution in [2.24, 2.45) is 5.73 Å². The summed E-state index contributed by atoms with van der Waals surface area (Å²) in [6.07, 6.45) is 5.93. The fourth-order valence-corrected chi connectivity index (χ4v) is 1.62. The van der Waals surface area contributed by atoms with Gasteiger partial charge in [0.05, 0.1) is 6.04 Å². The van der Waals surface area contributed by atoms with Crippen molar-refractivity contribution < 1.29 is 9.53 Å². The zero-order chi connectivity index (χ0) is 14.8. The summed E-state index contributed by atoms with van der Waals surface area (Å²) in [5.74, 6) is 0. The van der Waals surface area contributed by atoms with Gasteiger partial charge >= 0.3 is 6.09 Å². The fraction of sp³-hybridized carbons (Fsp3) is 0.188. The van der Waals surface area contributed by atoms with E-state index in [1.54, 1.807) is 18.2 Å². The summed E-state index contributed by atoms with van der Waals surface area (Å²) < 4.78 is 5.13. The molecule has 1 amide bonds. The molecular formula is C16H20N2O2. The van der Waals surface area contributed by atoms with Crippen molar-refractivity contribution in [2.45, 2.75) is 13.0 Å². The lowest BCUT2D eigenvalue weighted by molar-refractivity contribution is 0.153. The van der Waals surface area contributed by atoms with Crippen LogP contribution in [-0.2, 0) is 4.74 Å². The van der Waals surface area contributed by atoms with E-state index < -0.39 is 6.09 Å². The second-order valence-corrected chi connectivity index (χ2v) is 4.19. The number of alkyl carbamates (subject to hydrolysis) is 1. The number of carbonyl (C=O) groups excluding carboxylic acids is 1. The third-order valence-corrected chi connectivity index (χ3v) is 2.65. The lowest BCUT2D eigenvalue weighted by Crippen LogP contribution is -2.27. The normalized spacial score (nSPS) is 12.9. The summed E-state index contributed by atoms with van der Waals surface area (Å²) in [5.41, 5.74) is 7.10. The zero-order valence-corrected chi connectivity index (χ0v) is 11.6. The summed E-state index contributed by atoms with van der Waals surface area (Å²) in [6, 6.07) is 9.57. The van der Waals surface area contributed by atoms with Crippen LogP contribution in [0.3, 0.4) is 0 Å². The van der Waals surface area contributed by atoms with Gasteiger partial charge in [-0.25, -0.2) is 4.79 Å². The zero-order valence-electron chi connectivity index (χ0n) is 11.6. The van der Waals surface area contributed by atoms with Gasteiger partial charge in [0.1, 0.15) is 6.61 Å². The predicted molar refractivity (Wildman–Crippen MR) is 80.9 cm³/mol. The van der Waals surface area contributed by atoms with Crippen LogP contribution in [0.1, 0.15) is 18.5 Å². The molecule has 106 valence electrons. The van der Waals surface area contributed by atoms with Crippen LogP contribution < -0.4 is 11.1 Å². The molecule has 4 nitrogen and oxygen atoms in total. The first kappa shape index (κ1) is 15.6. The molecular weight excluding hydrogens is 252 g/mol. The Balaban J connectivity index is 2.48. The first-order valence-electron chi connectivity index (χ1n) is 6.35. The maximum Gasteiger partial charge on any atom is 0.407 e. The Morgan fingerprint density at radius 3 is 2.75 bits per heavy atom. The molecule has 0 aliphatic heterocycles. The van der Waals surface area contributed by atoms with Crippen LogP contribution in [0.4, 0.5) is 4.79 Å². The highest BCUT2D eigenvalue weighted by Gasteiger charge is 2.09. The van der Waals surface area contributed by atoms with Crippen LogP contribution in [0.25, 0.3) is 0 Å². The van der Waals surface area contributed by atoms with E-state index in [1.807, 2.05) is 37.3 Å². The van der Waals surface area contributed by atoms with Gasteiger partial charge in [0, 0.05) is 0 Å². The van der Waals surface area contributed by atoms with Gasteiger partial charge in [-0.2, -0.15) is 0 Å². The first-order chi connectivity index (χ1) is 9.67. The maximum absolute atomic E-state index is 11.7. The van der Waals surface area contributed by atoms with Crippen LogP contribution in [0.5, 0.6) is 0 Å². The van der Waals surface area contributed by atoms with Crippen LogP contribution in [-0.4, -0.2) is 12.7 Å². The number of hydrogen-bond donors (Lipinski definition) is 2. The highest BCUT2D eigenvalue weighted by atomic mass is 16.5. The lowest BCUT2D eigenvalue weighted by Gasteiger charge is -2.14. The molecule has 20 heavy (non-hydrogen) atoms. The van der Waals surface area contributed by atoms with E-state index in [2.05, 4.69) is 11.9 Å². The van der Waals surface area contributed by atoms with E-state index in [-0.39, 0.29) is 12.6 Å². The largest absolute Gasteiger partial charge is 0.445 e. The van der Waals surface area contributed by atoms with Crippen molar-refractivity contribution in [1.82, 2.24) is 5.32 Å². The molecule has 0 unspecified atom stereocenters. The molecule has 0 radical (unpaired) electrons. The Bertz CT molecular complexity index is 492. The number of ether oxygens (including phenoxy) is 1.